The average Bonchev–Trinajstić information content (AvgIpc) is 2.87. The quantitative estimate of drug-likeness (QED) is 0.802. The highest BCUT2D eigenvalue weighted by Gasteiger charge is 2.45. The van der Waals surface area contributed by atoms with Crippen molar-refractivity contribution in [2.45, 2.75) is 37.9 Å². The predicted octanol–water partition coefficient (Wildman–Crippen LogP) is 4.18. The van der Waals surface area contributed by atoms with E-state index in [-0.39, 0.29) is 24.0 Å². The molecule has 1 N–H and O–H groups in total. The number of amides is 1. The second-order valence-corrected chi connectivity index (χ2v) is 6.68. The Kier molecular flexibility index (Phi) is 4.86. The number of alkyl halides is 3. The molecule has 2 heterocycles. The Balaban J connectivity index is 0.00000182. The lowest BCUT2D eigenvalue weighted by atomic mass is 9.88. The summed E-state index contributed by atoms with van der Waals surface area (Å²) in [6, 6.07) is 2.71. The second-order valence-electron chi connectivity index (χ2n) is 6.68. The fraction of sp³-hybridized carbons (Fsp3) is 0.500. The van der Waals surface area contributed by atoms with E-state index in [1.807, 2.05) is 12.1 Å². The maximum absolute atomic E-state index is 13.6. The molecule has 0 bridgehead atoms. The molecule has 1 atom stereocenters. The van der Waals surface area contributed by atoms with E-state index < -0.39 is 17.6 Å². The lowest BCUT2D eigenvalue weighted by Crippen LogP contribution is -2.44. The highest BCUT2D eigenvalue weighted by atomic mass is 35.5. The molecule has 0 unspecified atom stereocenters. The van der Waals surface area contributed by atoms with Crippen LogP contribution >= 0.6 is 12.4 Å². The van der Waals surface area contributed by atoms with E-state index in [1.54, 1.807) is 4.90 Å². The molecule has 1 fully saturated rings. The Morgan fingerprint density at radius 2 is 2.00 bits per heavy atom. The third kappa shape index (κ3) is 3.06. The van der Waals surface area contributed by atoms with Gasteiger partial charge in [-0.15, -0.1) is 12.4 Å². The summed E-state index contributed by atoms with van der Waals surface area (Å²) in [5, 5.41) is 3.19. The Labute approximate surface area is 150 Å². The molecule has 3 nitrogen and oxygen atoms in total. The van der Waals surface area contributed by atoms with Gasteiger partial charge in [-0.05, 0) is 54.5 Å². The highest BCUT2D eigenvalue weighted by molar-refractivity contribution is 6.01. The molecule has 0 radical (unpaired) electrons. The van der Waals surface area contributed by atoms with Gasteiger partial charge in [0.05, 0.1) is 17.2 Å². The van der Waals surface area contributed by atoms with Crippen LogP contribution in [0, 0.1) is 0 Å². The van der Waals surface area contributed by atoms with Crippen LogP contribution in [0.4, 0.5) is 13.2 Å². The van der Waals surface area contributed by atoms with Gasteiger partial charge in [-0.2, -0.15) is 13.2 Å². The highest BCUT2D eigenvalue weighted by Crippen LogP contribution is 2.44. The Bertz CT molecular complexity index is 730. The van der Waals surface area contributed by atoms with Crippen molar-refractivity contribution in [1.82, 2.24) is 10.2 Å². The zero-order chi connectivity index (χ0) is 16.9. The lowest BCUT2D eigenvalue weighted by Gasteiger charge is -2.30. The first-order valence-electron chi connectivity index (χ1n) is 8.43. The lowest BCUT2D eigenvalue weighted by molar-refractivity contribution is -0.138. The average molecular weight is 373 g/mol. The van der Waals surface area contributed by atoms with Gasteiger partial charge < -0.3 is 10.2 Å². The van der Waals surface area contributed by atoms with Crippen LogP contribution in [0.3, 0.4) is 0 Å². The van der Waals surface area contributed by atoms with Crippen molar-refractivity contribution >= 4 is 23.9 Å². The van der Waals surface area contributed by atoms with Crippen LogP contribution in [0.15, 0.2) is 18.2 Å². The van der Waals surface area contributed by atoms with Gasteiger partial charge in [-0.25, -0.2) is 0 Å². The molecule has 2 aliphatic heterocycles. The minimum absolute atomic E-state index is 0. The number of carbonyl (C=O) groups excluding carboxylic acids is 1. The van der Waals surface area contributed by atoms with Gasteiger partial charge >= 0.3 is 6.18 Å². The van der Waals surface area contributed by atoms with Crippen LogP contribution in [0.1, 0.15) is 58.8 Å². The number of nitrogens with one attached hydrogen (secondary N) is 1. The van der Waals surface area contributed by atoms with Gasteiger partial charge in [0.1, 0.15) is 0 Å². The molecule has 0 aromatic heterocycles. The van der Waals surface area contributed by atoms with Crippen LogP contribution in [0.2, 0.25) is 0 Å². The van der Waals surface area contributed by atoms with Gasteiger partial charge in [0, 0.05) is 19.6 Å². The molecule has 25 heavy (non-hydrogen) atoms. The molecule has 0 spiro atoms. The summed E-state index contributed by atoms with van der Waals surface area (Å²) in [5.41, 5.74) is 1.21. The third-order valence-electron chi connectivity index (χ3n) is 5.21. The second kappa shape index (κ2) is 6.65. The molecule has 136 valence electrons. The Morgan fingerprint density at radius 1 is 1.20 bits per heavy atom. The van der Waals surface area contributed by atoms with Gasteiger partial charge in [0.2, 0.25) is 0 Å². The van der Waals surface area contributed by atoms with E-state index >= 15 is 0 Å². The van der Waals surface area contributed by atoms with Gasteiger partial charge in [-0.1, -0.05) is 6.08 Å². The van der Waals surface area contributed by atoms with Crippen molar-refractivity contribution < 1.29 is 18.0 Å². The number of nitrogens with zero attached hydrogens (tertiary/aromatic N) is 1. The molecule has 1 saturated heterocycles. The van der Waals surface area contributed by atoms with Crippen molar-refractivity contribution in [2.24, 2.45) is 0 Å². The molecular weight excluding hydrogens is 353 g/mol. The summed E-state index contributed by atoms with van der Waals surface area (Å²) in [4.78, 5) is 14.1. The summed E-state index contributed by atoms with van der Waals surface area (Å²) < 4.78 is 40.9. The number of piperazine rings is 1. The normalized spacial score (nSPS) is 22.8. The van der Waals surface area contributed by atoms with Crippen LogP contribution in [-0.4, -0.2) is 30.4 Å². The molecule has 1 aromatic carbocycles. The molecule has 3 aliphatic rings. The number of hydrogen-bond donors (Lipinski definition) is 1. The first kappa shape index (κ1) is 18.3. The molecule has 7 heteroatoms. The third-order valence-corrected chi connectivity index (χ3v) is 5.21. The number of benzene rings is 1. The van der Waals surface area contributed by atoms with E-state index in [4.69, 9.17) is 0 Å². The number of rotatable bonds is 1. The number of halogens is 4. The summed E-state index contributed by atoms with van der Waals surface area (Å²) >= 11 is 0. The smallest absolute Gasteiger partial charge is 0.329 e. The maximum Gasteiger partial charge on any atom is 0.417 e. The fourth-order valence-electron chi connectivity index (χ4n) is 4.04. The van der Waals surface area contributed by atoms with Crippen molar-refractivity contribution in [1.29, 1.82) is 0 Å². The Hall–Kier alpha value is -1.53. The monoisotopic (exact) mass is 372 g/mol. The number of carbonyl (C=O) groups is 1. The van der Waals surface area contributed by atoms with Crippen molar-refractivity contribution in [3.8, 4) is 0 Å². The van der Waals surface area contributed by atoms with E-state index in [0.29, 0.717) is 30.8 Å². The first-order chi connectivity index (χ1) is 11.5. The van der Waals surface area contributed by atoms with E-state index in [2.05, 4.69) is 5.32 Å². The van der Waals surface area contributed by atoms with Crippen molar-refractivity contribution in [3.05, 3.63) is 40.5 Å². The first-order valence-corrected chi connectivity index (χ1v) is 8.43. The zero-order valence-electron chi connectivity index (χ0n) is 13.7. The fourth-order valence-corrected chi connectivity index (χ4v) is 4.04. The molecular formula is C18H20ClF3N2O. The minimum atomic E-state index is -4.52. The zero-order valence-corrected chi connectivity index (χ0v) is 14.5. The summed E-state index contributed by atoms with van der Waals surface area (Å²) in [6.45, 7) is 1.58. The largest absolute Gasteiger partial charge is 0.417 e. The summed E-state index contributed by atoms with van der Waals surface area (Å²) in [6.07, 6.45) is 1.31. The molecule has 1 aliphatic carbocycles. The van der Waals surface area contributed by atoms with E-state index in [1.165, 1.54) is 6.07 Å². The molecule has 1 amide bonds. The van der Waals surface area contributed by atoms with E-state index in [9.17, 15) is 18.0 Å². The Morgan fingerprint density at radius 3 is 2.68 bits per heavy atom. The van der Waals surface area contributed by atoms with E-state index in [0.717, 1.165) is 31.3 Å². The minimum Gasteiger partial charge on any atom is -0.329 e. The summed E-state index contributed by atoms with van der Waals surface area (Å²) in [5.74, 6) is -0.479. The van der Waals surface area contributed by atoms with Gasteiger partial charge in [0.25, 0.3) is 5.91 Å². The topological polar surface area (TPSA) is 32.3 Å². The number of hydrogen-bond acceptors (Lipinski definition) is 2. The van der Waals surface area contributed by atoms with Crippen LogP contribution in [0.25, 0.3) is 5.57 Å². The molecule has 0 saturated carbocycles. The van der Waals surface area contributed by atoms with Gasteiger partial charge in [0.15, 0.2) is 0 Å². The van der Waals surface area contributed by atoms with Crippen molar-refractivity contribution in [2.75, 3.05) is 19.6 Å². The SMILES string of the molecule is Cl.O=C1c2c(cc(C3=CCCCC3)cc2C(F)(F)F)[C@@H]2CNCCN12. The number of allylic oxidation sites excluding steroid dienone is 2. The van der Waals surface area contributed by atoms with Crippen molar-refractivity contribution in [3.63, 3.8) is 0 Å². The van der Waals surface area contributed by atoms with Crippen LogP contribution in [0.5, 0.6) is 0 Å². The predicted molar refractivity (Wildman–Crippen MR) is 91.8 cm³/mol. The van der Waals surface area contributed by atoms with Gasteiger partial charge in [-0.3, -0.25) is 4.79 Å². The molecule has 4 rings (SSSR count). The standard InChI is InChI=1S/C18H19F3N2O.ClH/c19-18(20,21)14-9-12(11-4-2-1-3-5-11)8-13-15-10-22-6-7-23(15)17(24)16(13)14;/h4,8-9,15,22H,1-3,5-7,10H2;1H/t15-;/m0./s1. The summed E-state index contributed by atoms with van der Waals surface area (Å²) in [7, 11) is 0. The molecule has 1 aromatic rings. The van der Waals surface area contributed by atoms with Crippen LogP contribution in [-0.2, 0) is 6.18 Å². The van der Waals surface area contributed by atoms with Crippen LogP contribution < -0.4 is 5.32 Å². The number of fused-ring (bicyclic) bond motifs is 3. The maximum atomic E-state index is 13.6.